The number of esters is 1. The van der Waals surface area contributed by atoms with E-state index >= 15 is 0 Å². The minimum Gasteiger partial charge on any atom is -0.465 e. The Hall–Kier alpha value is -3.05. The molecule has 7 nitrogen and oxygen atoms in total. The first-order chi connectivity index (χ1) is 13.0. The predicted molar refractivity (Wildman–Crippen MR) is 105 cm³/mol. The summed E-state index contributed by atoms with van der Waals surface area (Å²) in [6.07, 6.45) is 0. The maximum Gasteiger partial charge on any atom is 0.316 e. The third-order valence-electron chi connectivity index (χ3n) is 3.88. The smallest absolute Gasteiger partial charge is 0.316 e. The van der Waals surface area contributed by atoms with Gasteiger partial charge in [-0.3, -0.25) is 4.79 Å². The summed E-state index contributed by atoms with van der Waals surface area (Å²) < 4.78 is 4.95. The molecule has 0 unspecified atom stereocenters. The molecule has 138 valence electrons. The van der Waals surface area contributed by atoms with Gasteiger partial charge in [-0.15, -0.1) is 0 Å². The lowest BCUT2D eigenvalue weighted by molar-refractivity contribution is -0.139. The Morgan fingerprint density at radius 1 is 1.33 bits per heavy atom. The van der Waals surface area contributed by atoms with Crippen LogP contribution in [0.5, 0.6) is 0 Å². The first kappa shape index (κ1) is 18.7. The molecule has 0 radical (unpaired) electrons. The molecular formula is C19H19N5O2S. The van der Waals surface area contributed by atoms with Crippen molar-refractivity contribution >= 4 is 40.3 Å². The van der Waals surface area contributed by atoms with Crippen LogP contribution in [0.15, 0.2) is 29.3 Å². The molecule has 0 saturated heterocycles. The van der Waals surface area contributed by atoms with Crippen LogP contribution in [0.3, 0.4) is 0 Å². The van der Waals surface area contributed by atoms with Crippen molar-refractivity contribution in [3.8, 4) is 6.07 Å². The summed E-state index contributed by atoms with van der Waals surface area (Å²) in [6.45, 7) is 5.87. The zero-order valence-corrected chi connectivity index (χ0v) is 16.1. The number of aromatic amines is 1. The second-order valence-corrected chi connectivity index (χ2v) is 6.80. The van der Waals surface area contributed by atoms with Gasteiger partial charge in [0.25, 0.3) is 0 Å². The number of para-hydroxylation sites is 1. The van der Waals surface area contributed by atoms with E-state index in [1.54, 1.807) is 13.8 Å². The highest BCUT2D eigenvalue weighted by molar-refractivity contribution is 8.00. The molecule has 0 amide bonds. The molecular weight excluding hydrogens is 362 g/mol. The van der Waals surface area contributed by atoms with E-state index in [9.17, 15) is 10.1 Å². The van der Waals surface area contributed by atoms with Crippen LogP contribution in [0.25, 0.3) is 11.0 Å². The molecule has 0 bridgehead atoms. The number of ether oxygens (including phenoxy) is 1. The van der Waals surface area contributed by atoms with Crippen molar-refractivity contribution in [3.05, 3.63) is 41.2 Å². The number of rotatable bonds is 6. The first-order valence-electron chi connectivity index (χ1n) is 8.45. The number of nitrogens with one attached hydrogen (secondary N) is 2. The van der Waals surface area contributed by atoms with Crippen LogP contribution < -0.4 is 5.32 Å². The molecule has 0 aliphatic carbocycles. The van der Waals surface area contributed by atoms with Crippen molar-refractivity contribution < 1.29 is 9.53 Å². The van der Waals surface area contributed by atoms with Crippen LogP contribution in [0.2, 0.25) is 0 Å². The van der Waals surface area contributed by atoms with E-state index in [2.05, 4.69) is 26.3 Å². The van der Waals surface area contributed by atoms with Crippen LogP contribution in [0.4, 0.5) is 11.5 Å². The number of carbonyl (C=O) groups is 1. The Morgan fingerprint density at radius 3 is 2.81 bits per heavy atom. The second kappa shape index (κ2) is 8.10. The van der Waals surface area contributed by atoms with Crippen molar-refractivity contribution in [2.45, 2.75) is 25.8 Å². The molecule has 27 heavy (non-hydrogen) atoms. The first-order valence-corrected chi connectivity index (χ1v) is 9.43. The van der Waals surface area contributed by atoms with Crippen molar-refractivity contribution in [2.75, 3.05) is 17.7 Å². The summed E-state index contributed by atoms with van der Waals surface area (Å²) in [5.41, 5.74) is 2.94. The number of carbonyl (C=O) groups excluding carboxylic acids is 1. The normalized spacial score (nSPS) is 10.6. The van der Waals surface area contributed by atoms with Gasteiger partial charge in [-0.1, -0.05) is 30.0 Å². The maximum atomic E-state index is 11.7. The average molecular weight is 381 g/mol. The minimum atomic E-state index is -0.328. The average Bonchev–Trinajstić information content (AvgIpc) is 2.99. The summed E-state index contributed by atoms with van der Waals surface area (Å²) in [7, 11) is 0. The van der Waals surface area contributed by atoms with Crippen LogP contribution >= 0.6 is 11.8 Å². The monoisotopic (exact) mass is 381 g/mol. The number of hydrogen-bond acceptors (Lipinski definition) is 7. The lowest BCUT2D eigenvalue weighted by Gasteiger charge is -2.10. The van der Waals surface area contributed by atoms with Crippen molar-refractivity contribution in [1.29, 1.82) is 5.26 Å². The zero-order valence-electron chi connectivity index (χ0n) is 15.3. The van der Waals surface area contributed by atoms with Gasteiger partial charge in [0.2, 0.25) is 0 Å². The highest BCUT2D eigenvalue weighted by Crippen LogP contribution is 2.34. The molecule has 0 aliphatic rings. The van der Waals surface area contributed by atoms with Crippen LogP contribution in [0.1, 0.15) is 23.9 Å². The summed E-state index contributed by atoms with van der Waals surface area (Å²) in [5, 5.41) is 14.2. The Balaban J connectivity index is 2.03. The number of hydrogen-bond donors (Lipinski definition) is 2. The number of nitriles is 1. The quantitative estimate of drug-likeness (QED) is 0.494. The van der Waals surface area contributed by atoms with Crippen LogP contribution in [-0.4, -0.2) is 33.3 Å². The lowest BCUT2D eigenvalue weighted by Crippen LogP contribution is -2.06. The Bertz CT molecular complexity index is 1040. The Labute approximate surface area is 161 Å². The maximum absolute atomic E-state index is 11.7. The van der Waals surface area contributed by atoms with Crippen LogP contribution in [0, 0.1) is 25.2 Å². The number of thioether (sulfide) groups is 1. The molecule has 0 spiro atoms. The second-order valence-electron chi connectivity index (χ2n) is 5.82. The Morgan fingerprint density at radius 2 is 2.11 bits per heavy atom. The summed E-state index contributed by atoms with van der Waals surface area (Å²) in [6, 6.07) is 10.1. The summed E-state index contributed by atoms with van der Waals surface area (Å²) in [5.74, 6) is 0.918. The van der Waals surface area contributed by atoms with E-state index in [1.807, 2.05) is 31.2 Å². The molecule has 3 rings (SSSR count). The van der Waals surface area contributed by atoms with Gasteiger partial charge >= 0.3 is 5.97 Å². The van der Waals surface area contributed by atoms with Crippen molar-refractivity contribution in [3.63, 3.8) is 0 Å². The van der Waals surface area contributed by atoms with E-state index in [0.29, 0.717) is 39.9 Å². The fourth-order valence-corrected chi connectivity index (χ4v) is 3.47. The van der Waals surface area contributed by atoms with Gasteiger partial charge in [-0.05, 0) is 32.4 Å². The van der Waals surface area contributed by atoms with E-state index in [1.165, 1.54) is 11.8 Å². The third-order valence-corrected chi connectivity index (χ3v) is 4.85. The molecule has 0 atom stereocenters. The predicted octanol–water partition coefficient (Wildman–Crippen LogP) is 3.85. The highest BCUT2D eigenvalue weighted by Gasteiger charge is 2.19. The van der Waals surface area contributed by atoms with E-state index < -0.39 is 0 Å². The number of aromatic nitrogens is 3. The molecule has 0 aliphatic heterocycles. The number of aryl methyl sites for hydroxylation is 2. The van der Waals surface area contributed by atoms with Crippen molar-refractivity contribution in [2.24, 2.45) is 0 Å². The van der Waals surface area contributed by atoms with E-state index in [-0.39, 0.29) is 11.7 Å². The van der Waals surface area contributed by atoms with Gasteiger partial charge < -0.3 is 15.0 Å². The van der Waals surface area contributed by atoms with E-state index in [0.717, 1.165) is 11.3 Å². The summed E-state index contributed by atoms with van der Waals surface area (Å²) >= 11 is 1.22. The van der Waals surface area contributed by atoms with Gasteiger partial charge in [0.15, 0.2) is 0 Å². The third kappa shape index (κ3) is 4.04. The highest BCUT2D eigenvalue weighted by atomic mass is 32.2. The topological polar surface area (TPSA) is 104 Å². The fraction of sp³-hybridized carbons (Fsp3) is 0.263. The molecule has 0 fully saturated rings. The number of anilines is 2. The number of benzene rings is 1. The van der Waals surface area contributed by atoms with Crippen molar-refractivity contribution in [1.82, 2.24) is 15.0 Å². The SMILES string of the molecule is CCOC(=O)CSc1[nH]c2nc(C)nc(Nc3ccccc3C)c2c1C#N. The molecule has 2 aromatic heterocycles. The number of H-pyrrole nitrogens is 1. The molecule has 8 heteroatoms. The summed E-state index contributed by atoms with van der Waals surface area (Å²) in [4.78, 5) is 23.7. The molecule has 0 saturated carbocycles. The van der Waals surface area contributed by atoms with Gasteiger partial charge in [0, 0.05) is 5.69 Å². The van der Waals surface area contributed by atoms with Gasteiger partial charge in [-0.2, -0.15) is 5.26 Å². The van der Waals surface area contributed by atoms with Crippen LogP contribution in [-0.2, 0) is 9.53 Å². The molecule has 1 aromatic carbocycles. The molecule has 2 heterocycles. The van der Waals surface area contributed by atoms with Gasteiger partial charge in [0.1, 0.15) is 23.4 Å². The van der Waals surface area contributed by atoms with E-state index in [4.69, 9.17) is 4.74 Å². The number of fused-ring (bicyclic) bond motifs is 1. The molecule has 3 aromatic rings. The fourth-order valence-electron chi connectivity index (χ4n) is 2.66. The number of nitrogens with zero attached hydrogens (tertiary/aromatic N) is 3. The molecule has 2 N–H and O–H groups in total. The standard InChI is InChI=1S/C19H19N5O2S/c1-4-26-15(25)10-27-19-13(9-20)16-17(21-12(3)22-18(16)24-19)23-14-8-6-5-7-11(14)2/h5-8H,4,10H2,1-3H3,(H2,21,22,23,24). The van der Waals surface area contributed by atoms with Gasteiger partial charge in [0.05, 0.1) is 28.3 Å². The Kier molecular flexibility index (Phi) is 5.62. The minimum absolute atomic E-state index is 0.113. The largest absolute Gasteiger partial charge is 0.465 e. The lowest BCUT2D eigenvalue weighted by atomic mass is 10.2. The zero-order chi connectivity index (χ0) is 19.4. The van der Waals surface area contributed by atoms with Gasteiger partial charge in [-0.25, -0.2) is 9.97 Å².